The van der Waals surface area contributed by atoms with Crippen molar-refractivity contribution in [2.45, 2.75) is 0 Å². The van der Waals surface area contributed by atoms with Gasteiger partial charge in [0.2, 0.25) is 0 Å². The summed E-state index contributed by atoms with van der Waals surface area (Å²) in [6.45, 7) is 0. The average molecular weight is 189 g/mol. The standard InChI is InChI=1S/C6H6O2.C5H5N/c7-5-3-1-2-4-6(5)8;1-2-4-6-5-3-1/h1-4,7-8H;1-5H. The van der Waals surface area contributed by atoms with E-state index < -0.39 is 0 Å². The number of aromatic nitrogens is 1. The van der Waals surface area contributed by atoms with Gasteiger partial charge >= 0.3 is 0 Å². The van der Waals surface area contributed by atoms with Gasteiger partial charge in [0.05, 0.1) is 0 Å². The molecule has 0 fully saturated rings. The highest BCUT2D eigenvalue weighted by Crippen LogP contribution is 2.21. The first-order chi connectivity index (χ1) is 6.80. The highest BCUT2D eigenvalue weighted by molar-refractivity contribution is 5.36. The molecule has 0 amide bonds. The van der Waals surface area contributed by atoms with Crippen molar-refractivity contribution in [3.8, 4) is 11.5 Å². The number of rotatable bonds is 0. The molecule has 0 saturated heterocycles. The molecule has 3 heteroatoms. The lowest BCUT2D eigenvalue weighted by Crippen LogP contribution is -1.63. The van der Waals surface area contributed by atoms with Crippen LogP contribution in [-0.4, -0.2) is 15.2 Å². The Morgan fingerprint density at radius 3 is 1.43 bits per heavy atom. The molecule has 0 aliphatic carbocycles. The fraction of sp³-hybridized carbons (Fsp3) is 0. The van der Waals surface area contributed by atoms with Gasteiger partial charge in [0.25, 0.3) is 0 Å². The number of aromatic hydroxyl groups is 2. The van der Waals surface area contributed by atoms with Crippen molar-refractivity contribution in [1.82, 2.24) is 4.98 Å². The van der Waals surface area contributed by atoms with Gasteiger partial charge in [0.15, 0.2) is 11.5 Å². The third-order valence-electron chi connectivity index (χ3n) is 1.45. The zero-order valence-electron chi connectivity index (χ0n) is 7.54. The quantitative estimate of drug-likeness (QED) is 0.624. The van der Waals surface area contributed by atoms with Crippen molar-refractivity contribution in [1.29, 1.82) is 0 Å². The summed E-state index contributed by atoms with van der Waals surface area (Å²) in [6, 6.07) is 11.9. The minimum Gasteiger partial charge on any atom is -0.504 e. The first kappa shape index (κ1) is 10.1. The summed E-state index contributed by atoms with van der Waals surface area (Å²) >= 11 is 0. The van der Waals surface area contributed by atoms with E-state index in [-0.39, 0.29) is 11.5 Å². The van der Waals surface area contributed by atoms with Crippen LogP contribution in [0.25, 0.3) is 0 Å². The maximum atomic E-state index is 8.67. The van der Waals surface area contributed by atoms with Crippen LogP contribution in [-0.2, 0) is 0 Å². The Hall–Kier alpha value is -2.03. The molecule has 0 aliphatic heterocycles. The molecule has 1 heterocycles. The predicted molar refractivity (Wildman–Crippen MR) is 54.0 cm³/mol. The highest BCUT2D eigenvalue weighted by atomic mass is 16.3. The molecule has 2 aromatic rings. The molecule has 2 rings (SSSR count). The second kappa shape index (κ2) is 5.59. The number of hydrogen-bond donors (Lipinski definition) is 2. The van der Waals surface area contributed by atoms with Crippen molar-refractivity contribution in [2.24, 2.45) is 0 Å². The molecule has 0 unspecified atom stereocenters. The SMILES string of the molecule is Oc1ccccc1O.c1ccncc1. The summed E-state index contributed by atoms with van der Waals surface area (Å²) in [7, 11) is 0. The fourth-order valence-electron chi connectivity index (χ4n) is 0.777. The fourth-order valence-corrected chi connectivity index (χ4v) is 0.777. The number of pyridine rings is 1. The lowest BCUT2D eigenvalue weighted by Gasteiger charge is -1.91. The Labute approximate surface area is 82.3 Å². The zero-order chi connectivity index (χ0) is 10.2. The maximum absolute atomic E-state index is 8.67. The van der Waals surface area contributed by atoms with Gasteiger partial charge in [-0.15, -0.1) is 0 Å². The van der Waals surface area contributed by atoms with E-state index in [2.05, 4.69) is 4.98 Å². The van der Waals surface area contributed by atoms with Gasteiger partial charge in [0.1, 0.15) is 0 Å². The van der Waals surface area contributed by atoms with Gasteiger partial charge in [-0.25, -0.2) is 0 Å². The van der Waals surface area contributed by atoms with Gasteiger partial charge < -0.3 is 10.2 Å². The summed E-state index contributed by atoms with van der Waals surface area (Å²) in [5.41, 5.74) is 0. The van der Waals surface area contributed by atoms with Crippen LogP contribution in [0, 0.1) is 0 Å². The molecule has 3 nitrogen and oxygen atoms in total. The van der Waals surface area contributed by atoms with Crippen LogP contribution in [0.5, 0.6) is 11.5 Å². The van der Waals surface area contributed by atoms with E-state index in [1.54, 1.807) is 24.5 Å². The van der Waals surface area contributed by atoms with Crippen LogP contribution in [0.2, 0.25) is 0 Å². The maximum Gasteiger partial charge on any atom is 0.157 e. The van der Waals surface area contributed by atoms with Gasteiger partial charge in [-0.3, -0.25) is 4.98 Å². The monoisotopic (exact) mass is 189 g/mol. The largest absolute Gasteiger partial charge is 0.504 e. The van der Waals surface area contributed by atoms with Gasteiger partial charge in [0, 0.05) is 12.4 Å². The normalized spacial score (nSPS) is 8.57. The van der Waals surface area contributed by atoms with Crippen molar-refractivity contribution in [3.05, 3.63) is 54.9 Å². The zero-order valence-corrected chi connectivity index (χ0v) is 7.54. The molecular formula is C11H11NO2. The summed E-state index contributed by atoms with van der Waals surface area (Å²) < 4.78 is 0. The van der Waals surface area contributed by atoms with E-state index in [0.717, 1.165) is 0 Å². The van der Waals surface area contributed by atoms with Crippen molar-refractivity contribution in [2.75, 3.05) is 0 Å². The first-order valence-electron chi connectivity index (χ1n) is 4.12. The van der Waals surface area contributed by atoms with Crippen LogP contribution in [0.15, 0.2) is 54.9 Å². The lowest BCUT2D eigenvalue weighted by molar-refractivity contribution is 0.404. The molecule has 0 atom stereocenters. The second-order valence-corrected chi connectivity index (χ2v) is 2.51. The first-order valence-corrected chi connectivity index (χ1v) is 4.12. The summed E-state index contributed by atoms with van der Waals surface area (Å²) in [5, 5.41) is 17.3. The summed E-state index contributed by atoms with van der Waals surface area (Å²) in [4.78, 5) is 3.78. The average Bonchev–Trinajstić information content (AvgIpc) is 2.26. The number of benzene rings is 1. The number of phenols is 2. The number of hydrogen-bond acceptors (Lipinski definition) is 3. The lowest BCUT2D eigenvalue weighted by atomic mass is 10.3. The molecule has 0 spiro atoms. The molecule has 0 radical (unpaired) electrons. The number of nitrogens with zero attached hydrogens (tertiary/aromatic N) is 1. The van der Waals surface area contributed by atoms with E-state index >= 15 is 0 Å². The molecule has 1 aromatic carbocycles. The van der Waals surface area contributed by atoms with Crippen molar-refractivity contribution in [3.63, 3.8) is 0 Å². The van der Waals surface area contributed by atoms with Crippen LogP contribution in [0.4, 0.5) is 0 Å². The summed E-state index contributed by atoms with van der Waals surface area (Å²) in [5.74, 6) is -0.153. The summed E-state index contributed by atoms with van der Waals surface area (Å²) in [6.07, 6.45) is 3.50. The molecule has 14 heavy (non-hydrogen) atoms. The third-order valence-corrected chi connectivity index (χ3v) is 1.45. The van der Waals surface area contributed by atoms with E-state index in [9.17, 15) is 0 Å². The van der Waals surface area contributed by atoms with Crippen LogP contribution in [0.1, 0.15) is 0 Å². The van der Waals surface area contributed by atoms with E-state index in [1.165, 1.54) is 12.1 Å². The second-order valence-electron chi connectivity index (χ2n) is 2.51. The Bertz CT molecular complexity index is 315. The highest BCUT2D eigenvalue weighted by Gasteiger charge is 1.90. The minimum absolute atomic E-state index is 0.0764. The molecule has 1 aromatic heterocycles. The molecular weight excluding hydrogens is 178 g/mol. The van der Waals surface area contributed by atoms with Crippen molar-refractivity contribution < 1.29 is 10.2 Å². The van der Waals surface area contributed by atoms with E-state index in [0.29, 0.717) is 0 Å². The van der Waals surface area contributed by atoms with E-state index in [4.69, 9.17) is 10.2 Å². The third kappa shape index (κ3) is 3.58. The van der Waals surface area contributed by atoms with Gasteiger partial charge in [-0.2, -0.15) is 0 Å². The topological polar surface area (TPSA) is 53.4 Å². The molecule has 0 bridgehead atoms. The van der Waals surface area contributed by atoms with Gasteiger partial charge in [-0.1, -0.05) is 18.2 Å². The van der Waals surface area contributed by atoms with Crippen LogP contribution in [0.3, 0.4) is 0 Å². The number of phenolic OH excluding ortho intramolecular Hbond substituents is 2. The van der Waals surface area contributed by atoms with E-state index in [1.807, 2.05) is 18.2 Å². The minimum atomic E-state index is -0.0764. The Morgan fingerprint density at radius 2 is 1.21 bits per heavy atom. The Morgan fingerprint density at radius 1 is 0.714 bits per heavy atom. The molecule has 0 aliphatic rings. The van der Waals surface area contributed by atoms with Crippen LogP contribution >= 0.6 is 0 Å². The van der Waals surface area contributed by atoms with Crippen LogP contribution < -0.4 is 0 Å². The van der Waals surface area contributed by atoms with Gasteiger partial charge in [-0.05, 0) is 24.3 Å². The molecule has 2 N–H and O–H groups in total. The molecule has 72 valence electrons. The molecule has 0 saturated carbocycles. The Kier molecular flexibility index (Phi) is 4.01. The smallest absolute Gasteiger partial charge is 0.157 e. The number of para-hydroxylation sites is 2. The van der Waals surface area contributed by atoms with Crippen molar-refractivity contribution >= 4 is 0 Å². The predicted octanol–water partition coefficient (Wildman–Crippen LogP) is 2.18. The Balaban J connectivity index is 0.000000146.